The Bertz CT molecular complexity index is 1250. The van der Waals surface area contributed by atoms with Crippen LogP contribution in [0.2, 0.25) is 0 Å². The molecular formula is C36H58N2O11. The highest BCUT2D eigenvalue weighted by molar-refractivity contribution is 6.04. The number of methoxy groups -OCH3 is 1. The maximum atomic E-state index is 14.3. The summed E-state index contributed by atoms with van der Waals surface area (Å²) in [7, 11) is 7.04. The van der Waals surface area contributed by atoms with Crippen molar-refractivity contribution in [3.8, 4) is 0 Å². The largest absolute Gasteiger partial charge is 0.463 e. The van der Waals surface area contributed by atoms with Crippen LogP contribution in [0.25, 0.3) is 0 Å². The number of aliphatic hydroxyl groups is 3. The number of aliphatic hydroxyl groups excluding tert-OH is 3. The quantitative estimate of drug-likeness (QED) is 0.254. The highest BCUT2D eigenvalue weighted by atomic mass is 16.7. The Morgan fingerprint density at radius 3 is 2.31 bits per heavy atom. The van der Waals surface area contributed by atoms with Gasteiger partial charge in [-0.2, -0.15) is 0 Å². The number of carbonyl (C=O) groups excluding carboxylic acids is 3. The molecule has 0 aromatic heterocycles. The van der Waals surface area contributed by atoms with Crippen LogP contribution >= 0.6 is 0 Å². The summed E-state index contributed by atoms with van der Waals surface area (Å²) in [5.74, 6) is -2.89. The average Bonchev–Trinajstić information content (AvgIpc) is 3.06. The van der Waals surface area contributed by atoms with Crippen molar-refractivity contribution in [3.05, 3.63) is 35.9 Å². The smallest absolute Gasteiger partial charge is 0.338 e. The molecule has 2 saturated heterocycles. The summed E-state index contributed by atoms with van der Waals surface area (Å²) in [5, 5.41) is 30.7. The lowest BCUT2D eigenvalue weighted by molar-refractivity contribution is -0.295. The molecule has 1 aromatic carbocycles. The number of hydrogen-bond donors (Lipinski definition) is 3. The molecule has 0 amide bonds. The van der Waals surface area contributed by atoms with Gasteiger partial charge in [-0.15, -0.1) is 0 Å². The molecule has 3 rings (SSSR count). The van der Waals surface area contributed by atoms with Crippen molar-refractivity contribution in [2.75, 3.05) is 48.0 Å². The molecule has 0 aliphatic carbocycles. The zero-order valence-corrected chi connectivity index (χ0v) is 30.7. The van der Waals surface area contributed by atoms with E-state index in [1.54, 1.807) is 43.1 Å². The molecule has 2 heterocycles. The van der Waals surface area contributed by atoms with Crippen molar-refractivity contribution < 1.29 is 53.4 Å². The van der Waals surface area contributed by atoms with E-state index < -0.39 is 78.0 Å². The molecule has 0 bridgehead atoms. The van der Waals surface area contributed by atoms with Crippen molar-refractivity contribution in [1.29, 1.82) is 0 Å². The van der Waals surface area contributed by atoms with Crippen LogP contribution in [0.5, 0.6) is 0 Å². The number of Topliss-reactive ketones (excluding diaryl/α,β-unsaturated/α-hetero) is 1. The number of rotatable bonds is 9. The predicted octanol–water partition coefficient (Wildman–Crippen LogP) is 1.90. The lowest BCUT2D eigenvalue weighted by Gasteiger charge is -2.48. The molecule has 0 saturated carbocycles. The molecule has 3 N–H and O–H groups in total. The van der Waals surface area contributed by atoms with Crippen molar-refractivity contribution in [2.45, 2.75) is 109 Å². The number of hydrogen-bond acceptors (Lipinski definition) is 13. The average molecular weight is 695 g/mol. The van der Waals surface area contributed by atoms with Crippen LogP contribution in [0.15, 0.2) is 30.3 Å². The van der Waals surface area contributed by atoms with Crippen LogP contribution < -0.4 is 0 Å². The van der Waals surface area contributed by atoms with Gasteiger partial charge in [0.05, 0.1) is 42.1 Å². The van der Waals surface area contributed by atoms with E-state index in [4.69, 9.17) is 23.7 Å². The van der Waals surface area contributed by atoms with E-state index in [0.29, 0.717) is 24.9 Å². The fourth-order valence-electron chi connectivity index (χ4n) is 7.17. The molecule has 0 unspecified atom stereocenters. The van der Waals surface area contributed by atoms with E-state index in [1.807, 2.05) is 45.8 Å². The summed E-state index contributed by atoms with van der Waals surface area (Å²) in [6.45, 7) is 9.72. The summed E-state index contributed by atoms with van der Waals surface area (Å²) in [5.41, 5.74) is -2.41. The maximum absolute atomic E-state index is 14.3. The molecule has 278 valence electrons. The molecule has 2 aliphatic heterocycles. The van der Waals surface area contributed by atoms with Crippen molar-refractivity contribution in [2.24, 2.45) is 17.3 Å². The fraction of sp³-hybridized carbons (Fsp3) is 0.750. The molecule has 0 spiro atoms. The zero-order chi connectivity index (χ0) is 36.8. The Labute approximate surface area is 290 Å². The normalized spacial score (nSPS) is 35.0. The first-order valence-electron chi connectivity index (χ1n) is 17.0. The summed E-state index contributed by atoms with van der Waals surface area (Å²) in [4.78, 5) is 45.0. The second-order valence-corrected chi connectivity index (χ2v) is 14.8. The second-order valence-electron chi connectivity index (χ2n) is 14.8. The van der Waals surface area contributed by atoms with Crippen molar-refractivity contribution >= 4 is 17.7 Å². The Morgan fingerprint density at radius 1 is 1.10 bits per heavy atom. The highest BCUT2D eigenvalue weighted by Gasteiger charge is 2.52. The molecule has 49 heavy (non-hydrogen) atoms. The third kappa shape index (κ3) is 9.65. The SMILES string of the molecule is CO[C@]1(C)C[C@@H](C)CN(C)[C@H]([C@H](O)[C@@H](O)CO)COC(=O)C(C)(C)C(=O)[C@H](C)[C@H]1O[C@@H]1O[C@H](C)C[C@H](N(C)C)[C@H]1OC(=O)c1ccccc1. The van der Waals surface area contributed by atoms with E-state index in [0.717, 1.165) is 0 Å². The van der Waals surface area contributed by atoms with E-state index in [1.165, 1.54) is 21.0 Å². The Hall–Kier alpha value is -2.49. The third-order valence-corrected chi connectivity index (χ3v) is 10.1. The lowest BCUT2D eigenvalue weighted by Crippen LogP contribution is -2.60. The molecule has 2 fully saturated rings. The van der Waals surface area contributed by atoms with Gasteiger partial charge in [0.15, 0.2) is 18.2 Å². The third-order valence-electron chi connectivity index (χ3n) is 10.1. The number of cyclic esters (lactones) is 1. The van der Waals surface area contributed by atoms with E-state index >= 15 is 0 Å². The molecule has 0 radical (unpaired) electrons. The number of esters is 2. The van der Waals surface area contributed by atoms with Crippen LogP contribution in [0.3, 0.4) is 0 Å². The van der Waals surface area contributed by atoms with Crippen molar-refractivity contribution in [3.63, 3.8) is 0 Å². The number of nitrogens with zero attached hydrogens (tertiary/aromatic N) is 2. The number of likely N-dealkylation sites (N-methyl/N-ethyl adjacent to an activating group) is 2. The van der Waals surface area contributed by atoms with Crippen LogP contribution in [0, 0.1) is 17.3 Å². The Balaban J connectivity index is 2.08. The van der Waals surface area contributed by atoms with Gasteiger partial charge in [0, 0.05) is 19.6 Å². The first kappa shape index (κ1) is 40.9. The van der Waals surface area contributed by atoms with Gasteiger partial charge in [0.25, 0.3) is 0 Å². The summed E-state index contributed by atoms with van der Waals surface area (Å²) in [6, 6.07) is 7.48. The molecule has 1 aromatic rings. The van der Waals surface area contributed by atoms with Gasteiger partial charge in [-0.25, -0.2) is 4.79 Å². The standard InChI is InChI=1S/C36H58N2O11/c1-21-17-36(6,45-10)31(23(3)30(42)35(4,5)34(44)46-20-26(38(9)18-21)28(41)27(40)19-39)49-33-29(25(37(7)8)16-22(2)47-33)48-32(43)24-14-12-11-13-15-24/h11-15,21-23,25-29,31,33,39-41H,16-20H2,1-10H3/t21-,22-,23+,25+,26+,27+,28+,29-,31-,33+,36-/m1/s1. The van der Waals surface area contributed by atoms with Gasteiger partial charge in [0.1, 0.15) is 24.2 Å². The van der Waals surface area contributed by atoms with Gasteiger partial charge in [0.2, 0.25) is 0 Å². The number of ketones is 1. The molecule has 11 atom stereocenters. The summed E-state index contributed by atoms with van der Waals surface area (Å²) >= 11 is 0. The number of carbonyl (C=O) groups is 3. The van der Waals surface area contributed by atoms with Gasteiger partial charge in [-0.3, -0.25) is 14.5 Å². The monoisotopic (exact) mass is 694 g/mol. The van der Waals surface area contributed by atoms with Crippen LogP contribution in [-0.2, 0) is 33.3 Å². The topological polar surface area (TPSA) is 165 Å². The van der Waals surface area contributed by atoms with E-state index in [9.17, 15) is 29.7 Å². The van der Waals surface area contributed by atoms with Gasteiger partial charge in [-0.05, 0) is 79.7 Å². The molecule has 13 nitrogen and oxygen atoms in total. The first-order valence-corrected chi connectivity index (χ1v) is 17.0. The highest BCUT2D eigenvalue weighted by Crippen LogP contribution is 2.39. The Morgan fingerprint density at radius 2 is 1.73 bits per heavy atom. The fourth-order valence-corrected chi connectivity index (χ4v) is 7.17. The first-order chi connectivity index (χ1) is 22.9. The summed E-state index contributed by atoms with van der Waals surface area (Å²) < 4.78 is 31.1. The minimum absolute atomic E-state index is 0.138. The van der Waals surface area contributed by atoms with Gasteiger partial charge < -0.3 is 43.9 Å². The number of benzene rings is 1. The molecule has 2 aliphatic rings. The Kier molecular flexibility index (Phi) is 14.3. The van der Waals surface area contributed by atoms with E-state index in [-0.39, 0.29) is 24.7 Å². The second kappa shape index (κ2) is 17.1. The van der Waals surface area contributed by atoms with Crippen LogP contribution in [0.4, 0.5) is 0 Å². The predicted molar refractivity (Wildman–Crippen MR) is 181 cm³/mol. The molecular weight excluding hydrogens is 636 g/mol. The van der Waals surface area contributed by atoms with E-state index in [2.05, 4.69) is 0 Å². The lowest BCUT2D eigenvalue weighted by atomic mass is 9.74. The maximum Gasteiger partial charge on any atom is 0.338 e. The van der Waals surface area contributed by atoms with Gasteiger partial charge in [-0.1, -0.05) is 32.0 Å². The van der Waals surface area contributed by atoms with Crippen LogP contribution in [0.1, 0.15) is 64.7 Å². The number of ether oxygens (including phenoxy) is 5. The summed E-state index contributed by atoms with van der Waals surface area (Å²) in [6.07, 6.45) is -5.23. The zero-order valence-electron chi connectivity index (χ0n) is 30.7. The molecule has 13 heteroatoms. The van der Waals surface area contributed by atoms with Gasteiger partial charge >= 0.3 is 11.9 Å². The van der Waals surface area contributed by atoms with Crippen LogP contribution in [-0.4, -0.2) is 145 Å². The van der Waals surface area contributed by atoms with Crippen molar-refractivity contribution in [1.82, 2.24) is 9.80 Å². The minimum Gasteiger partial charge on any atom is -0.463 e. The minimum atomic E-state index is -1.65.